The number of hydrogen-bond acceptors (Lipinski definition) is 8. The lowest BCUT2D eigenvalue weighted by molar-refractivity contribution is -0.113. The van der Waals surface area contributed by atoms with E-state index in [2.05, 4.69) is 27.1 Å². The topological polar surface area (TPSA) is 91.2 Å². The molecule has 4 rings (SSSR count). The molecule has 0 unspecified atom stereocenters. The van der Waals surface area contributed by atoms with Crippen LogP contribution in [0.25, 0.3) is 11.3 Å². The lowest BCUT2D eigenvalue weighted by Gasteiger charge is -2.11. The van der Waals surface area contributed by atoms with Crippen LogP contribution in [-0.2, 0) is 17.9 Å². The van der Waals surface area contributed by atoms with Crippen LogP contribution in [0.15, 0.2) is 77.8 Å². The van der Waals surface area contributed by atoms with Gasteiger partial charge >= 0.3 is 0 Å². The van der Waals surface area contributed by atoms with Crippen molar-refractivity contribution < 1.29 is 14.3 Å². The zero-order valence-corrected chi connectivity index (χ0v) is 20.1. The lowest BCUT2D eigenvalue weighted by Crippen LogP contribution is -2.15. The number of benzene rings is 2. The number of aromatic nitrogens is 4. The summed E-state index contributed by atoms with van der Waals surface area (Å²) >= 11 is 2.69. The molecule has 0 saturated heterocycles. The maximum absolute atomic E-state index is 12.5. The van der Waals surface area contributed by atoms with Crippen molar-refractivity contribution in [3.05, 3.63) is 78.5 Å². The van der Waals surface area contributed by atoms with Crippen molar-refractivity contribution in [3.8, 4) is 22.8 Å². The number of nitrogens with zero attached hydrogens (tertiary/aromatic N) is 4. The average molecular weight is 494 g/mol. The van der Waals surface area contributed by atoms with Gasteiger partial charge in [-0.15, -0.1) is 28.1 Å². The fourth-order valence-electron chi connectivity index (χ4n) is 3.08. The number of carbonyl (C=O) groups is 1. The van der Waals surface area contributed by atoms with Crippen molar-refractivity contribution in [1.82, 2.24) is 19.7 Å². The second-order valence-electron chi connectivity index (χ2n) is 6.98. The van der Waals surface area contributed by atoms with Crippen LogP contribution in [0.4, 0.5) is 5.13 Å². The van der Waals surface area contributed by atoms with Crippen molar-refractivity contribution in [2.24, 2.45) is 0 Å². The van der Waals surface area contributed by atoms with Gasteiger partial charge in [0.25, 0.3) is 0 Å². The van der Waals surface area contributed by atoms with E-state index in [1.165, 1.54) is 23.1 Å². The molecule has 2 heterocycles. The predicted molar refractivity (Wildman–Crippen MR) is 134 cm³/mol. The second kappa shape index (κ2) is 11.5. The van der Waals surface area contributed by atoms with E-state index in [0.717, 1.165) is 11.3 Å². The first-order valence-corrected chi connectivity index (χ1v) is 12.3. The van der Waals surface area contributed by atoms with Gasteiger partial charge in [-0.1, -0.05) is 60.3 Å². The highest BCUT2D eigenvalue weighted by atomic mass is 32.2. The van der Waals surface area contributed by atoms with Gasteiger partial charge in [0.2, 0.25) is 5.91 Å². The van der Waals surface area contributed by atoms with Crippen LogP contribution in [0, 0.1) is 0 Å². The maximum Gasteiger partial charge on any atom is 0.236 e. The Bertz CT molecular complexity index is 1260. The largest absolute Gasteiger partial charge is 0.493 e. The van der Waals surface area contributed by atoms with E-state index in [0.29, 0.717) is 34.2 Å². The van der Waals surface area contributed by atoms with Crippen LogP contribution >= 0.6 is 23.1 Å². The van der Waals surface area contributed by atoms with Crippen LogP contribution in [0.1, 0.15) is 5.82 Å². The minimum Gasteiger partial charge on any atom is -0.493 e. The summed E-state index contributed by atoms with van der Waals surface area (Å²) in [5.41, 5.74) is 1.84. The zero-order valence-electron chi connectivity index (χ0n) is 18.5. The van der Waals surface area contributed by atoms with Gasteiger partial charge in [-0.05, 0) is 12.1 Å². The van der Waals surface area contributed by atoms with Crippen LogP contribution in [-0.4, -0.2) is 38.5 Å². The summed E-state index contributed by atoms with van der Waals surface area (Å²) in [5.74, 6) is 1.88. The molecule has 0 aliphatic rings. The van der Waals surface area contributed by atoms with Crippen molar-refractivity contribution in [1.29, 1.82) is 0 Å². The molecule has 8 nitrogen and oxygen atoms in total. The number of nitrogens with one attached hydrogen (secondary N) is 1. The summed E-state index contributed by atoms with van der Waals surface area (Å²) in [6.45, 7) is 4.51. The molecule has 0 saturated carbocycles. The normalized spacial score (nSPS) is 10.6. The molecule has 0 aliphatic carbocycles. The van der Waals surface area contributed by atoms with Gasteiger partial charge in [0.1, 0.15) is 6.61 Å². The molecule has 4 aromatic rings. The first kappa shape index (κ1) is 23.5. The van der Waals surface area contributed by atoms with Gasteiger partial charge in [0.15, 0.2) is 27.6 Å². The molecule has 34 heavy (non-hydrogen) atoms. The Morgan fingerprint density at radius 3 is 2.68 bits per heavy atom. The third-order valence-electron chi connectivity index (χ3n) is 4.68. The molecule has 0 bridgehead atoms. The lowest BCUT2D eigenvalue weighted by atomic mass is 10.2. The van der Waals surface area contributed by atoms with Crippen molar-refractivity contribution in [3.63, 3.8) is 0 Å². The Labute approximate surface area is 205 Å². The van der Waals surface area contributed by atoms with Crippen LogP contribution in [0.2, 0.25) is 0 Å². The molecule has 0 aliphatic heterocycles. The van der Waals surface area contributed by atoms with Gasteiger partial charge in [0.05, 0.1) is 18.6 Å². The first-order valence-electron chi connectivity index (χ1n) is 10.4. The summed E-state index contributed by atoms with van der Waals surface area (Å²) in [5, 5.41) is 14.4. The molecule has 10 heteroatoms. The number of thioether (sulfide) groups is 1. The predicted octanol–water partition coefficient (Wildman–Crippen LogP) is 4.91. The Kier molecular flexibility index (Phi) is 7.95. The SMILES string of the molecule is C=CCn1c(COc2ccccc2OC)nnc1SCC(=O)Nc1nc(-c2ccccc2)cs1. The molecule has 2 aromatic heterocycles. The summed E-state index contributed by atoms with van der Waals surface area (Å²) < 4.78 is 13.1. The van der Waals surface area contributed by atoms with Crippen LogP contribution < -0.4 is 14.8 Å². The van der Waals surface area contributed by atoms with Crippen LogP contribution in [0.5, 0.6) is 11.5 Å². The Morgan fingerprint density at radius 1 is 1.15 bits per heavy atom. The minimum absolute atomic E-state index is 0.168. The van der Waals surface area contributed by atoms with E-state index in [1.54, 1.807) is 13.2 Å². The van der Waals surface area contributed by atoms with Crippen LogP contribution in [0.3, 0.4) is 0 Å². The van der Waals surface area contributed by atoms with Gasteiger partial charge in [0, 0.05) is 17.5 Å². The van der Waals surface area contributed by atoms with Gasteiger partial charge in [-0.3, -0.25) is 9.36 Å². The standard InChI is InChI=1S/C24H23N5O3S2/c1-3-13-29-21(14-32-20-12-8-7-11-19(20)31-2)27-28-24(29)34-16-22(30)26-23-25-18(15-33-23)17-9-5-4-6-10-17/h3-12,15H,1,13-14,16H2,2H3,(H,25,26,30). The number of ether oxygens (including phenoxy) is 2. The minimum atomic E-state index is -0.168. The number of methoxy groups -OCH3 is 1. The van der Waals surface area contributed by atoms with Crippen molar-refractivity contribution in [2.75, 3.05) is 18.2 Å². The maximum atomic E-state index is 12.5. The third kappa shape index (κ3) is 5.83. The molecule has 0 radical (unpaired) electrons. The smallest absolute Gasteiger partial charge is 0.236 e. The molecule has 1 amide bonds. The quantitative estimate of drug-likeness (QED) is 0.235. The highest BCUT2D eigenvalue weighted by molar-refractivity contribution is 7.99. The number of thiazole rings is 1. The van der Waals surface area contributed by atoms with Gasteiger partial charge in [-0.2, -0.15) is 0 Å². The van der Waals surface area contributed by atoms with Crippen molar-refractivity contribution in [2.45, 2.75) is 18.3 Å². The summed E-state index contributed by atoms with van der Waals surface area (Å²) in [6, 6.07) is 17.2. The number of carbonyl (C=O) groups excluding carboxylic acids is 1. The van der Waals surface area contributed by atoms with E-state index in [4.69, 9.17) is 9.47 Å². The molecule has 0 fully saturated rings. The number of allylic oxidation sites excluding steroid dienone is 1. The molecule has 2 aromatic carbocycles. The molecule has 0 spiro atoms. The number of para-hydroxylation sites is 2. The summed E-state index contributed by atoms with van der Waals surface area (Å²) in [4.78, 5) is 17.0. The molecule has 0 atom stereocenters. The summed E-state index contributed by atoms with van der Waals surface area (Å²) in [7, 11) is 1.59. The second-order valence-corrected chi connectivity index (χ2v) is 8.78. The Balaban J connectivity index is 1.36. The zero-order chi connectivity index (χ0) is 23.8. The fraction of sp³-hybridized carbons (Fsp3) is 0.167. The van der Waals surface area contributed by atoms with E-state index in [-0.39, 0.29) is 18.3 Å². The average Bonchev–Trinajstić information content (AvgIpc) is 3.49. The van der Waals surface area contributed by atoms with Gasteiger partial charge in [-0.25, -0.2) is 4.98 Å². The Hall–Kier alpha value is -3.63. The monoisotopic (exact) mass is 493 g/mol. The third-order valence-corrected chi connectivity index (χ3v) is 6.41. The molecular weight excluding hydrogens is 470 g/mol. The van der Waals surface area contributed by atoms with E-state index < -0.39 is 0 Å². The van der Waals surface area contributed by atoms with E-state index in [1.807, 2.05) is 64.5 Å². The number of rotatable bonds is 11. The summed E-state index contributed by atoms with van der Waals surface area (Å²) in [6.07, 6.45) is 1.75. The number of amides is 1. The first-order chi connectivity index (χ1) is 16.7. The Morgan fingerprint density at radius 2 is 1.91 bits per heavy atom. The highest BCUT2D eigenvalue weighted by Crippen LogP contribution is 2.27. The van der Waals surface area contributed by atoms with E-state index in [9.17, 15) is 4.79 Å². The number of anilines is 1. The fourth-order valence-corrected chi connectivity index (χ4v) is 4.59. The molecular formula is C24H23N5O3S2. The van der Waals surface area contributed by atoms with Gasteiger partial charge < -0.3 is 14.8 Å². The molecule has 1 N–H and O–H groups in total. The van der Waals surface area contributed by atoms with Crippen molar-refractivity contribution >= 4 is 34.1 Å². The number of hydrogen-bond donors (Lipinski definition) is 1. The molecule has 174 valence electrons. The highest BCUT2D eigenvalue weighted by Gasteiger charge is 2.16. The van der Waals surface area contributed by atoms with E-state index >= 15 is 0 Å².